The van der Waals surface area contributed by atoms with Gasteiger partial charge in [-0.25, -0.2) is 0 Å². The monoisotopic (exact) mass is 216 g/mol. The van der Waals surface area contributed by atoms with Gasteiger partial charge in [0.05, 0.1) is 0 Å². The summed E-state index contributed by atoms with van der Waals surface area (Å²) in [7, 11) is 0. The molecule has 0 N–H and O–H groups in total. The van der Waals surface area contributed by atoms with E-state index in [1.165, 1.54) is 39.0 Å². The van der Waals surface area contributed by atoms with Gasteiger partial charge in [-0.15, -0.1) is 0 Å². The van der Waals surface area contributed by atoms with Crippen LogP contribution < -0.4 is 0 Å². The Balaban J connectivity index is 3.67. The zero-order chi connectivity index (χ0) is 12.5. The second-order valence-electron chi connectivity index (χ2n) is 4.68. The number of hydrogen-bond acceptors (Lipinski definition) is 0. The predicted molar refractivity (Wildman–Crippen MR) is 74.1 cm³/mol. The lowest BCUT2D eigenvalue weighted by atomic mass is 9.85. The van der Waals surface area contributed by atoms with Gasteiger partial charge >= 0.3 is 0 Å². The van der Waals surface area contributed by atoms with Crippen molar-refractivity contribution in [2.45, 2.75) is 54.9 Å². The summed E-state index contributed by atoms with van der Waals surface area (Å²) >= 11 is 0. The highest BCUT2D eigenvalue weighted by Crippen LogP contribution is 2.31. The van der Waals surface area contributed by atoms with Crippen LogP contribution in [0.15, 0.2) is 6.08 Å². The van der Waals surface area contributed by atoms with Gasteiger partial charge in [-0.3, -0.25) is 0 Å². The highest BCUT2D eigenvalue weighted by atomic mass is 14.2. The molecule has 0 fully saturated rings. The van der Waals surface area contributed by atoms with Crippen molar-refractivity contribution in [3.63, 3.8) is 0 Å². The van der Waals surface area contributed by atoms with Gasteiger partial charge < -0.3 is 0 Å². The first-order valence-electron chi connectivity index (χ1n) is 6.18. The molecule has 0 aliphatic carbocycles. The third kappa shape index (κ3) is 1.93. The first-order chi connectivity index (χ1) is 7.45. The highest BCUT2D eigenvalue weighted by Gasteiger charge is 2.13. The lowest BCUT2D eigenvalue weighted by molar-refractivity contribution is 1.04. The van der Waals surface area contributed by atoms with Gasteiger partial charge in [-0.1, -0.05) is 13.0 Å². The molecular formula is C16H24. The van der Waals surface area contributed by atoms with E-state index in [-0.39, 0.29) is 0 Å². The quantitative estimate of drug-likeness (QED) is 0.659. The fourth-order valence-electron chi connectivity index (χ4n) is 2.66. The van der Waals surface area contributed by atoms with Crippen molar-refractivity contribution in [3.05, 3.63) is 39.5 Å². The van der Waals surface area contributed by atoms with Gasteiger partial charge in [0.2, 0.25) is 0 Å². The smallest absolute Gasteiger partial charge is 0.0167 e. The van der Waals surface area contributed by atoms with Gasteiger partial charge in [-0.05, 0) is 86.9 Å². The minimum Gasteiger partial charge on any atom is -0.0841 e. The molecule has 1 rings (SSSR count). The van der Waals surface area contributed by atoms with E-state index in [0.29, 0.717) is 0 Å². The van der Waals surface area contributed by atoms with Gasteiger partial charge in [0.15, 0.2) is 0 Å². The Morgan fingerprint density at radius 2 is 1.38 bits per heavy atom. The van der Waals surface area contributed by atoms with Crippen molar-refractivity contribution in [2.24, 2.45) is 0 Å². The lowest BCUT2D eigenvalue weighted by Crippen LogP contribution is -2.03. The summed E-state index contributed by atoms with van der Waals surface area (Å²) < 4.78 is 0. The summed E-state index contributed by atoms with van der Waals surface area (Å²) in [5.74, 6) is 0. The van der Waals surface area contributed by atoms with Crippen LogP contribution in [-0.2, 0) is 6.42 Å². The highest BCUT2D eigenvalue weighted by molar-refractivity contribution is 5.72. The molecule has 1 aromatic rings. The standard InChI is InChI=1S/C16H24/c1-8-10(3)16-13(6)11(4)15(9-2)12(5)14(16)7/h8H,9H2,1-7H3. The second-order valence-corrected chi connectivity index (χ2v) is 4.68. The number of benzene rings is 1. The van der Waals surface area contributed by atoms with Crippen LogP contribution in [0.5, 0.6) is 0 Å². The topological polar surface area (TPSA) is 0 Å². The van der Waals surface area contributed by atoms with Crippen molar-refractivity contribution < 1.29 is 0 Å². The molecule has 0 radical (unpaired) electrons. The van der Waals surface area contributed by atoms with Crippen LogP contribution in [-0.4, -0.2) is 0 Å². The van der Waals surface area contributed by atoms with Gasteiger partial charge in [0.25, 0.3) is 0 Å². The Hall–Kier alpha value is -1.04. The molecule has 0 bridgehead atoms. The molecule has 0 aliphatic rings. The van der Waals surface area contributed by atoms with Crippen LogP contribution in [0, 0.1) is 27.7 Å². The Morgan fingerprint density at radius 1 is 0.938 bits per heavy atom. The lowest BCUT2D eigenvalue weighted by Gasteiger charge is -2.20. The molecule has 0 amide bonds. The molecule has 0 heteroatoms. The Kier molecular flexibility index (Phi) is 3.96. The van der Waals surface area contributed by atoms with Gasteiger partial charge in [-0.2, -0.15) is 0 Å². The molecule has 0 nitrogen and oxygen atoms in total. The van der Waals surface area contributed by atoms with E-state index in [2.05, 4.69) is 54.5 Å². The van der Waals surface area contributed by atoms with E-state index >= 15 is 0 Å². The molecule has 0 aromatic heterocycles. The van der Waals surface area contributed by atoms with E-state index in [1.807, 2.05) is 0 Å². The minimum absolute atomic E-state index is 1.13. The maximum atomic E-state index is 2.26. The summed E-state index contributed by atoms with van der Waals surface area (Å²) in [5.41, 5.74) is 10.2. The number of hydrogen-bond donors (Lipinski definition) is 0. The minimum atomic E-state index is 1.13. The van der Waals surface area contributed by atoms with Crippen LogP contribution in [0.25, 0.3) is 5.57 Å². The van der Waals surface area contributed by atoms with E-state index in [4.69, 9.17) is 0 Å². The molecule has 16 heavy (non-hydrogen) atoms. The Bertz CT molecular complexity index is 405. The molecular weight excluding hydrogens is 192 g/mol. The van der Waals surface area contributed by atoms with Gasteiger partial charge in [0, 0.05) is 0 Å². The van der Waals surface area contributed by atoms with Crippen LogP contribution >= 0.6 is 0 Å². The zero-order valence-electron chi connectivity index (χ0n) is 11.8. The Morgan fingerprint density at radius 3 is 1.69 bits per heavy atom. The first-order valence-corrected chi connectivity index (χ1v) is 6.18. The number of allylic oxidation sites excluding steroid dienone is 2. The average Bonchev–Trinajstić information content (AvgIpc) is 2.27. The summed E-state index contributed by atoms with van der Waals surface area (Å²) in [5, 5.41) is 0. The van der Waals surface area contributed by atoms with Crippen molar-refractivity contribution in [3.8, 4) is 0 Å². The molecule has 0 unspecified atom stereocenters. The third-order valence-electron chi connectivity index (χ3n) is 3.96. The van der Waals surface area contributed by atoms with Crippen LogP contribution in [0.2, 0.25) is 0 Å². The molecule has 1 aromatic carbocycles. The second kappa shape index (κ2) is 4.86. The maximum Gasteiger partial charge on any atom is -0.0167 e. The first kappa shape index (κ1) is 13.0. The molecule has 0 saturated heterocycles. The SMILES string of the molecule is CC=C(C)c1c(C)c(C)c(CC)c(C)c1C. The molecule has 88 valence electrons. The van der Waals surface area contributed by atoms with E-state index < -0.39 is 0 Å². The van der Waals surface area contributed by atoms with Crippen molar-refractivity contribution in [1.82, 2.24) is 0 Å². The summed E-state index contributed by atoms with van der Waals surface area (Å²) in [6, 6.07) is 0. The van der Waals surface area contributed by atoms with Crippen molar-refractivity contribution in [1.29, 1.82) is 0 Å². The largest absolute Gasteiger partial charge is 0.0841 e. The van der Waals surface area contributed by atoms with Crippen molar-refractivity contribution >= 4 is 5.57 Å². The van der Waals surface area contributed by atoms with E-state index in [9.17, 15) is 0 Å². The van der Waals surface area contributed by atoms with E-state index in [0.717, 1.165) is 6.42 Å². The summed E-state index contributed by atoms with van der Waals surface area (Å²) in [6.45, 7) is 15.6. The molecule has 0 atom stereocenters. The molecule has 0 aliphatic heterocycles. The normalized spacial score (nSPS) is 12.1. The molecule has 0 saturated carbocycles. The molecule has 0 heterocycles. The average molecular weight is 216 g/mol. The number of rotatable bonds is 2. The zero-order valence-corrected chi connectivity index (χ0v) is 11.8. The fourth-order valence-corrected chi connectivity index (χ4v) is 2.66. The van der Waals surface area contributed by atoms with E-state index in [1.54, 1.807) is 0 Å². The maximum absolute atomic E-state index is 2.26. The fraction of sp³-hybridized carbons (Fsp3) is 0.500. The molecule has 0 spiro atoms. The third-order valence-corrected chi connectivity index (χ3v) is 3.96. The Labute approximate surface area is 100 Å². The van der Waals surface area contributed by atoms with Crippen LogP contribution in [0.1, 0.15) is 54.2 Å². The predicted octanol–water partition coefficient (Wildman–Crippen LogP) is 4.91. The van der Waals surface area contributed by atoms with Crippen LogP contribution in [0.3, 0.4) is 0 Å². The van der Waals surface area contributed by atoms with Crippen molar-refractivity contribution in [2.75, 3.05) is 0 Å². The summed E-state index contributed by atoms with van der Waals surface area (Å²) in [4.78, 5) is 0. The van der Waals surface area contributed by atoms with Crippen LogP contribution in [0.4, 0.5) is 0 Å². The van der Waals surface area contributed by atoms with Gasteiger partial charge in [0.1, 0.15) is 0 Å². The summed E-state index contributed by atoms with van der Waals surface area (Å²) in [6.07, 6.45) is 3.34.